The molecule has 19 heavy (non-hydrogen) atoms. The summed E-state index contributed by atoms with van der Waals surface area (Å²) in [4.78, 5) is 16.1. The number of carboxylic acid groups (broad SMARTS) is 1. The highest BCUT2D eigenvalue weighted by atomic mass is 32.1. The van der Waals surface area contributed by atoms with Crippen molar-refractivity contribution in [3.63, 3.8) is 0 Å². The third kappa shape index (κ3) is 2.46. The van der Waals surface area contributed by atoms with E-state index in [4.69, 9.17) is 9.84 Å². The normalized spacial score (nSPS) is 10.5. The zero-order valence-corrected chi connectivity index (χ0v) is 12.1. The van der Waals surface area contributed by atoms with Gasteiger partial charge in [-0.15, -0.1) is 11.3 Å². The molecule has 1 aromatic carbocycles. The summed E-state index contributed by atoms with van der Waals surface area (Å²) < 4.78 is 5.23. The Bertz CT molecular complexity index is 623. The molecule has 5 heteroatoms. The Hall–Kier alpha value is -1.88. The van der Waals surface area contributed by atoms with Crippen LogP contribution in [0.2, 0.25) is 0 Å². The summed E-state index contributed by atoms with van der Waals surface area (Å²) in [6.45, 7) is 5.84. The van der Waals surface area contributed by atoms with Gasteiger partial charge in [0.1, 0.15) is 5.75 Å². The van der Waals surface area contributed by atoms with Crippen molar-refractivity contribution < 1.29 is 14.6 Å². The number of rotatable bonds is 3. The van der Waals surface area contributed by atoms with Gasteiger partial charge < -0.3 is 9.84 Å². The van der Waals surface area contributed by atoms with Crippen LogP contribution in [-0.4, -0.2) is 23.2 Å². The molecule has 0 fully saturated rings. The SMILES string of the molecule is COc1cc(C)c(-c2nc(C(=O)O)sc2C)c(C)c1. The van der Waals surface area contributed by atoms with Crippen LogP contribution < -0.4 is 4.74 Å². The Labute approximate surface area is 115 Å². The summed E-state index contributed by atoms with van der Waals surface area (Å²) >= 11 is 1.20. The number of benzene rings is 1. The zero-order chi connectivity index (χ0) is 14.2. The van der Waals surface area contributed by atoms with Gasteiger partial charge in [0.05, 0.1) is 12.8 Å². The van der Waals surface area contributed by atoms with E-state index in [-0.39, 0.29) is 5.01 Å². The summed E-state index contributed by atoms with van der Waals surface area (Å²) in [5.41, 5.74) is 3.80. The van der Waals surface area contributed by atoms with Gasteiger partial charge in [0.15, 0.2) is 0 Å². The van der Waals surface area contributed by atoms with E-state index in [9.17, 15) is 4.79 Å². The van der Waals surface area contributed by atoms with E-state index in [1.807, 2.05) is 32.9 Å². The molecule has 0 aliphatic heterocycles. The minimum atomic E-state index is -0.983. The lowest BCUT2D eigenvalue weighted by Crippen LogP contribution is -1.96. The number of hydrogen-bond donors (Lipinski definition) is 1. The van der Waals surface area contributed by atoms with Gasteiger partial charge in [-0.2, -0.15) is 0 Å². The monoisotopic (exact) mass is 277 g/mol. The van der Waals surface area contributed by atoms with Crippen molar-refractivity contribution in [3.8, 4) is 17.0 Å². The fourth-order valence-corrected chi connectivity index (χ4v) is 2.89. The minimum absolute atomic E-state index is 0.127. The Balaban J connectivity index is 2.62. The average molecular weight is 277 g/mol. The smallest absolute Gasteiger partial charge is 0.365 e. The Morgan fingerprint density at radius 2 is 1.84 bits per heavy atom. The summed E-state index contributed by atoms with van der Waals surface area (Å²) in [6, 6.07) is 3.86. The van der Waals surface area contributed by atoms with Crippen molar-refractivity contribution in [2.75, 3.05) is 7.11 Å². The molecule has 0 unspecified atom stereocenters. The van der Waals surface area contributed by atoms with Crippen molar-refractivity contribution >= 4 is 17.3 Å². The molecular formula is C14H15NO3S. The van der Waals surface area contributed by atoms with Gasteiger partial charge >= 0.3 is 5.97 Å². The maximum Gasteiger partial charge on any atom is 0.365 e. The van der Waals surface area contributed by atoms with E-state index in [2.05, 4.69) is 4.98 Å². The molecular weight excluding hydrogens is 262 g/mol. The highest BCUT2D eigenvalue weighted by molar-refractivity contribution is 7.13. The van der Waals surface area contributed by atoms with Gasteiger partial charge in [-0.3, -0.25) is 0 Å². The number of aromatic carboxylic acids is 1. The largest absolute Gasteiger partial charge is 0.497 e. The highest BCUT2D eigenvalue weighted by Crippen LogP contribution is 2.34. The van der Waals surface area contributed by atoms with Crippen LogP contribution >= 0.6 is 11.3 Å². The lowest BCUT2D eigenvalue weighted by atomic mass is 9.99. The lowest BCUT2D eigenvalue weighted by molar-refractivity contribution is 0.0696. The molecule has 4 nitrogen and oxygen atoms in total. The second kappa shape index (κ2) is 5.01. The number of carbonyl (C=O) groups is 1. The molecule has 0 atom stereocenters. The van der Waals surface area contributed by atoms with Crippen LogP contribution in [0.4, 0.5) is 0 Å². The number of aryl methyl sites for hydroxylation is 3. The lowest BCUT2D eigenvalue weighted by Gasteiger charge is -2.11. The maximum atomic E-state index is 11.0. The second-order valence-electron chi connectivity index (χ2n) is 4.37. The van der Waals surface area contributed by atoms with Crippen LogP contribution in [0.1, 0.15) is 25.8 Å². The third-order valence-corrected chi connectivity index (χ3v) is 3.92. The predicted octanol–water partition coefficient (Wildman–Crippen LogP) is 3.44. The molecule has 0 aliphatic rings. The predicted molar refractivity (Wildman–Crippen MR) is 75.3 cm³/mol. The number of nitrogens with zero attached hydrogens (tertiary/aromatic N) is 1. The number of ether oxygens (including phenoxy) is 1. The van der Waals surface area contributed by atoms with Crippen LogP contribution in [0.3, 0.4) is 0 Å². The van der Waals surface area contributed by atoms with Crippen LogP contribution in [0, 0.1) is 20.8 Å². The van der Waals surface area contributed by atoms with Crippen molar-refractivity contribution in [1.82, 2.24) is 4.98 Å². The van der Waals surface area contributed by atoms with Crippen molar-refractivity contribution in [2.24, 2.45) is 0 Å². The van der Waals surface area contributed by atoms with E-state index in [1.165, 1.54) is 11.3 Å². The first-order chi connectivity index (χ1) is 8.93. The first-order valence-electron chi connectivity index (χ1n) is 5.80. The summed E-state index contributed by atoms with van der Waals surface area (Å²) in [6.07, 6.45) is 0. The first-order valence-corrected chi connectivity index (χ1v) is 6.62. The van der Waals surface area contributed by atoms with Crippen molar-refractivity contribution in [2.45, 2.75) is 20.8 Å². The van der Waals surface area contributed by atoms with Gasteiger partial charge in [0.25, 0.3) is 0 Å². The van der Waals surface area contributed by atoms with Crippen LogP contribution in [0.5, 0.6) is 5.75 Å². The third-order valence-electron chi connectivity index (χ3n) is 2.96. The molecule has 2 rings (SSSR count). The number of carboxylic acids is 1. The van der Waals surface area contributed by atoms with Gasteiger partial charge in [-0.25, -0.2) is 9.78 Å². The van der Waals surface area contributed by atoms with Crippen LogP contribution in [-0.2, 0) is 0 Å². The van der Waals surface area contributed by atoms with Crippen molar-refractivity contribution in [3.05, 3.63) is 33.1 Å². The fraction of sp³-hybridized carbons (Fsp3) is 0.286. The molecule has 2 aromatic rings. The van der Waals surface area contributed by atoms with E-state index in [0.717, 1.165) is 33.0 Å². The molecule has 0 saturated carbocycles. The van der Waals surface area contributed by atoms with Crippen LogP contribution in [0.15, 0.2) is 12.1 Å². The standard InChI is InChI=1S/C14H15NO3S/c1-7-5-10(18-4)6-8(2)11(7)12-9(3)19-13(15-12)14(16)17/h5-6H,1-4H3,(H,16,17). The maximum absolute atomic E-state index is 11.0. The quantitative estimate of drug-likeness (QED) is 0.933. The van der Waals surface area contributed by atoms with Crippen molar-refractivity contribution in [1.29, 1.82) is 0 Å². The second-order valence-corrected chi connectivity index (χ2v) is 5.57. The average Bonchev–Trinajstić information content (AvgIpc) is 2.71. The van der Waals surface area contributed by atoms with E-state index in [1.54, 1.807) is 7.11 Å². The molecule has 1 N–H and O–H groups in total. The highest BCUT2D eigenvalue weighted by Gasteiger charge is 2.18. The zero-order valence-electron chi connectivity index (χ0n) is 11.3. The molecule has 0 spiro atoms. The molecule has 0 radical (unpaired) electrons. The van der Waals surface area contributed by atoms with Gasteiger partial charge in [-0.05, 0) is 44.0 Å². The number of aromatic nitrogens is 1. The van der Waals surface area contributed by atoms with E-state index in [0.29, 0.717) is 0 Å². The Morgan fingerprint density at radius 1 is 1.26 bits per heavy atom. The van der Waals surface area contributed by atoms with Gasteiger partial charge in [0, 0.05) is 10.4 Å². The summed E-state index contributed by atoms with van der Waals surface area (Å²) in [5.74, 6) is -0.187. The summed E-state index contributed by atoms with van der Waals surface area (Å²) in [5, 5.41) is 9.15. The van der Waals surface area contributed by atoms with E-state index >= 15 is 0 Å². The molecule has 0 saturated heterocycles. The Kier molecular flexibility index (Phi) is 3.57. The molecule has 1 heterocycles. The van der Waals surface area contributed by atoms with Gasteiger partial charge in [-0.1, -0.05) is 0 Å². The topological polar surface area (TPSA) is 59.4 Å². The number of methoxy groups -OCH3 is 1. The molecule has 0 bridgehead atoms. The molecule has 100 valence electrons. The minimum Gasteiger partial charge on any atom is -0.497 e. The number of thiazole rings is 1. The number of hydrogen-bond acceptors (Lipinski definition) is 4. The van der Waals surface area contributed by atoms with E-state index < -0.39 is 5.97 Å². The molecule has 0 aliphatic carbocycles. The fourth-order valence-electron chi connectivity index (χ4n) is 2.14. The van der Waals surface area contributed by atoms with Crippen LogP contribution in [0.25, 0.3) is 11.3 Å². The summed E-state index contributed by atoms with van der Waals surface area (Å²) in [7, 11) is 1.63. The molecule has 1 aromatic heterocycles. The Morgan fingerprint density at radius 3 is 2.26 bits per heavy atom. The van der Waals surface area contributed by atoms with Gasteiger partial charge in [0.2, 0.25) is 5.01 Å². The molecule has 0 amide bonds. The first kappa shape index (κ1) is 13.5.